The SMILES string of the molecule is C=C(CC)C(=O)Oc1ccc(C2CC(c3ccccc3)=NN2c2ccccc2)cc1. The number of carbonyl (C=O) groups excluding carboxylic acids is 1. The van der Waals surface area contributed by atoms with E-state index < -0.39 is 0 Å². The van der Waals surface area contributed by atoms with E-state index >= 15 is 0 Å². The Labute approximate surface area is 177 Å². The van der Waals surface area contributed by atoms with Crippen molar-refractivity contribution in [2.75, 3.05) is 5.01 Å². The highest BCUT2D eigenvalue weighted by atomic mass is 16.5. The molecular formula is C26H24N2O2. The molecule has 0 aromatic heterocycles. The van der Waals surface area contributed by atoms with Crippen LogP contribution in [0.2, 0.25) is 0 Å². The van der Waals surface area contributed by atoms with Gasteiger partial charge in [0, 0.05) is 12.0 Å². The van der Waals surface area contributed by atoms with E-state index in [1.807, 2.05) is 67.6 Å². The number of ether oxygens (including phenoxy) is 1. The van der Waals surface area contributed by atoms with E-state index in [0.717, 1.165) is 28.9 Å². The fourth-order valence-electron chi connectivity index (χ4n) is 3.48. The fraction of sp³-hybridized carbons (Fsp3) is 0.154. The summed E-state index contributed by atoms with van der Waals surface area (Å²) in [4.78, 5) is 12.0. The van der Waals surface area contributed by atoms with Crippen LogP contribution in [0.15, 0.2) is 102 Å². The third-order valence-electron chi connectivity index (χ3n) is 5.23. The van der Waals surface area contributed by atoms with Gasteiger partial charge in [0.2, 0.25) is 0 Å². The van der Waals surface area contributed by atoms with E-state index in [2.05, 4.69) is 35.9 Å². The van der Waals surface area contributed by atoms with E-state index in [9.17, 15) is 4.79 Å². The van der Waals surface area contributed by atoms with Crippen LogP contribution in [-0.4, -0.2) is 11.7 Å². The van der Waals surface area contributed by atoms with Crippen LogP contribution in [0.4, 0.5) is 5.69 Å². The molecular weight excluding hydrogens is 372 g/mol. The fourth-order valence-corrected chi connectivity index (χ4v) is 3.48. The standard InChI is InChI=1S/C26H24N2O2/c1-3-19(2)26(29)30-23-16-14-21(15-17-23)25-18-24(20-10-6-4-7-11-20)27-28(25)22-12-8-5-9-13-22/h4-17,25H,2-3,18H2,1H3. The number of para-hydroxylation sites is 1. The van der Waals surface area contributed by atoms with Gasteiger partial charge in [-0.05, 0) is 41.8 Å². The van der Waals surface area contributed by atoms with Crippen molar-refractivity contribution in [3.05, 3.63) is 108 Å². The van der Waals surface area contributed by atoms with Crippen molar-refractivity contribution in [2.45, 2.75) is 25.8 Å². The van der Waals surface area contributed by atoms with Gasteiger partial charge in [-0.15, -0.1) is 0 Å². The predicted octanol–water partition coefficient (Wildman–Crippen LogP) is 5.91. The molecule has 0 bridgehead atoms. The van der Waals surface area contributed by atoms with E-state index in [-0.39, 0.29) is 12.0 Å². The zero-order valence-corrected chi connectivity index (χ0v) is 17.0. The van der Waals surface area contributed by atoms with E-state index in [1.165, 1.54) is 0 Å². The normalized spacial score (nSPS) is 15.6. The first-order valence-corrected chi connectivity index (χ1v) is 10.1. The average Bonchev–Trinajstić information content (AvgIpc) is 3.26. The van der Waals surface area contributed by atoms with Gasteiger partial charge in [0.05, 0.1) is 17.4 Å². The summed E-state index contributed by atoms with van der Waals surface area (Å²) in [7, 11) is 0. The zero-order chi connectivity index (χ0) is 20.9. The molecule has 0 aliphatic carbocycles. The minimum Gasteiger partial charge on any atom is -0.423 e. The first-order chi connectivity index (χ1) is 14.7. The average molecular weight is 396 g/mol. The lowest BCUT2D eigenvalue weighted by atomic mass is 9.98. The molecule has 1 unspecified atom stereocenters. The molecule has 4 heteroatoms. The van der Waals surface area contributed by atoms with Crippen LogP contribution in [0.1, 0.15) is 36.9 Å². The van der Waals surface area contributed by atoms with Crippen LogP contribution in [0.3, 0.4) is 0 Å². The summed E-state index contributed by atoms with van der Waals surface area (Å²) in [5.41, 5.74) is 4.81. The van der Waals surface area contributed by atoms with Gasteiger partial charge in [0.1, 0.15) is 5.75 Å². The third-order valence-corrected chi connectivity index (χ3v) is 5.23. The molecule has 0 saturated heterocycles. The first kappa shape index (κ1) is 19.6. The lowest BCUT2D eigenvalue weighted by molar-refractivity contribution is -0.130. The molecule has 1 heterocycles. The number of anilines is 1. The Bertz CT molecular complexity index is 1060. The largest absolute Gasteiger partial charge is 0.423 e. The highest BCUT2D eigenvalue weighted by Crippen LogP contribution is 2.37. The smallest absolute Gasteiger partial charge is 0.338 e. The Kier molecular flexibility index (Phi) is 5.75. The number of hydrogen-bond donors (Lipinski definition) is 0. The maximum atomic E-state index is 12.0. The number of hydrazone groups is 1. The van der Waals surface area contributed by atoms with Gasteiger partial charge >= 0.3 is 5.97 Å². The quantitative estimate of drug-likeness (QED) is 0.295. The molecule has 0 fully saturated rings. The number of benzene rings is 3. The monoisotopic (exact) mass is 396 g/mol. The van der Waals surface area contributed by atoms with Crippen LogP contribution in [0.5, 0.6) is 5.75 Å². The molecule has 1 aliphatic heterocycles. The third kappa shape index (κ3) is 4.18. The summed E-state index contributed by atoms with van der Waals surface area (Å²) < 4.78 is 5.41. The van der Waals surface area contributed by atoms with E-state index in [4.69, 9.17) is 9.84 Å². The van der Waals surface area contributed by atoms with Crippen molar-refractivity contribution >= 4 is 17.4 Å². The van der Waals surface area contributed by atoms with Crippen molar-refractivity contribution in [1.29, 1.82) is 0 Å². The molecule has 3 aromatic carbocycles. The number of esters is 1. The molecule has 0 N–H and O–H groups in total. The summed E-state index contributed by atoms with van der Waals surface area (Å²) in [6, 6.07) is 28.2. The van der Waals surface area contributed by atoms with Gasteiger partial charge in [0.15, 0.2) is 0 Å². The number of carbonyl (C=O) groups is 1. The van der Waals surface area contributed by atoms with Crippen LogP contribution in [-0.2, 0) is 4.79 Å². The second kappa shape index (κ2) is 8.78. The lowest BCUT2D eigenvalue weighted by Crippen LogP contribution is -2.18. The van der Waals surface area contributed by atoms with Crippen molar-refractivity contribution in [3.63, 3.8) is 0 Å². The Balaban J connectivity index is 1.60. The summed E-state index contributed by atoms with van der Waals surface area (Å²) >= 11 is 0. The van der Waals surface area contributed by atoms with E-state index in [1.54, 1.807) is 0 Å². The van der Waals surface area contributed by atoms with Gasteiger partial charge in [-0.3, -0.25) is 5.01 Å². The predicted molar refractivity (Wildman–Crippen MR) is 121 cm³/mol. The number of nitrogens with zero attached hydrogens (tertiary/aromatic N) is 2. The highest BCUT2D eigenvalue weighted by Gasteiger charge is 2.29. The molecule has 1 aliphatic rings. The minimum atomic E-state index is -0.383. The van der Waals surface area contributed by atoms with Gasteiger partial charge < -0.3 is 4.74 Å². The molecule has 0 radical (unpaired) electrons. The maximum Gasteiger partial charge on any atom is 0.338 e. The summed E-state index contributed by atoms with van der Waals surface area (Å²) in [6.45, 7) is 5.62. The van der Waals surface area contributed by atoms with Crippen molar-refractivity contribution in [2.24, 2.45) is 5.10 Å². The topological polar surface area (TPSA) is 41.9 Å². The molecule has 4 rings (SSSR count). The molecule has 0 amide bonds. The van der Waals surface area contributed by atoms with Gasteiger partial charge in [-0.1, -0.05) is 74.2 Å². The zero-order valence-electron chi connectivity index (χ0n) is 17.0. The van der Waals surface area contributed by atoms with Gasteiger partial charge in [-0.25, -0.2) is 4.79 Å². The second-order valence-corrected chi connectivity index (χ2v) is 7.23. The molecule has 30 heavy (non-hydrogen) atoms. The molecule has 150 valence electrons. The lowest BCUT2D eigenvalue weighted by Gasteiger charge is -2.24. The van der Waals surface area contributed by atoms with Crippen molar-refractivity contribution < 1.29 is 9.53 Å². The van der Waals surface area contributed by atoms with Crippen LogP contribution in [0.25, 0.3) is 0 Å². The van der Waals surface area contributed by atoms with E-state index in [0.29, 0.717) is 17.7 Å². The Morgan fingerprint density at radius 2 is 1.63 bits per heavy atom. The van der Waals surface area contributed by atoms with Gasteiger partial charge in [-0.2, -0.15) is 5.10 Å². The number of hydrogen-bond acceptors (Lipinski definition) is 4. The summed E-state index contributed by atoms with van der Waals surface area (Å²) in [5.74, 6) is 0.138. The Morgan fingerprint density at radius 3 is 2.27 bits per heavy atom. The first-order valence-electron chi connectivity index (χ1n) is 10.1. The van der Waals surface area contributed by atoms with Gasteiger partial charge in [0.25, 0.3) is 0 Å². The van der Waals surface area contributed by atoms with Crippen LogP contribution >= 0.6 is 0 Å². The Hall–Kier alpha value is -3.66. The van der Waals surface area contributed by atoms with Crippen LogP contribution < -0.4 is 9.75 Å². The van der Waals surface area contributed by atoms with Crippen LogP contribution in [0, 0.1) is 0 Å². The molecule has 0 spiro atoms. The van der Waals surface area contributed by atoms with Crippen molar-refractivity contribution in [3.8, 4) is 5.75 Å². The second-order valence-electron chi connectivity index (χ2n) is 7.23. The molecule has 4 nitrogen and oxygen atoms in total. The maximum absolute atomic E-state index is 12.0. The van der Waals surface area contributed by atoms with Crippen molar-refractivity contribution in [1.82, 2.24) is 0 Å². The molecule has 1 atom stereocenters. The molecule has 0 saturated carbocycles. The Morgan fingerprint density at radius 1 is 1.00 bits per heavy atom. The minimum absolute atomic E-state index is 0.0676. The summed E-state index contributed by atoms with van der Waals surface area (Å²) in [6.07, 6.45) is 1.37. The summed E-state index contributed by atoms with van der Waals surface area (Å²) in [5, 5.41) is 7.02. The highest BCUT2D eigenvalue weighted by molar-refractivity contribution is 6.03. The number of rotatable bonds is 6. The molecule has 3 aromatic rings.